The Bertz CT molecular complexity index is 242. The van der Waals surface area contributed by atoms with E-state index in [2.05, 4.69) is 0 Å². The quantitative estimate of drug-likeness (QED) is 0.271. The van der Waals surface area contributed by atoms with Crippen molar-refractivity contribution in [2.45, 2.75) is 0 Å². The van der Waals surface area contributed by atoms with Crippen LogP contribution in [0.1, 0.15) is 0 Å². The predicted molar refractivity (Wildman–Crippen MR) is 15.8 cm³/mol. The van der Waals surface area contributed by atoms with Crippen molar-refractivity contribution in [2.75, 3.05) is 0 Å². The van der Waals surface area contributed by atoms with E-state index in [4.69, 9.17) is 30.4 Å². The molecule has 0 rings (SSSR count). The second-order valence-electron chi connectivity index (χ2n) is 0.834. The van der Waals surface area contributed by atoms with Crippen molar-refractivity contribution in [3.05, 3.63) is 0 Å². The first-order chi connectivity index (χ1) is 4.27. The zero-order valence-corrected chi connectivity index (χ0v) is 9.66. The summed E-state index contributed by atoms with van der Waals surface area (Å²) in [4.78, 5) is 17.9. The first-order valence-corrected chi connectivity index (χ1v) is 3.50. The molecule has 0 aromatic heterocycles. The summed E-state index contributed by atoms with van der Waals surface area (Å²) in [5.74, 6) is -1.43. The molecule has 0 radical (unpaired) electrons. The average Bonchev–Trinajstić information content (AvgIpc) is 1.61. The van der Waals surface area contributed by atoms with Crippen LogP contribution in [0.5, 0.6) is 0 Å². The van der Waals surface area contributed by atoms with Crippen LogP contribution in [-0.2, 0) is 34.1 Å². The van der Waals surface area contributed by atoms with E-state index in [0.29, 0.717) is 0 Å². The fourth-order valence-corrected chi connectivity index (χ4v) is 0. The molecule has 0 saturated carbocycles. The molecule has 0 amide bonds. The van der Waals surface area contributed by atoms with Crippen LogP contribution in [0.4, 0.5) is 0 Å². The number of hydrogen-bond donors (Lipinski definition) is 1. The molecule has 0 bridgehead atoms. The predicted octanol–water partition coefficient (Wildman–Crippen LogP) is -5.27. The van der Waals surface area contributed by atoms with Crippen LogP contribution < -0.4 is 55.6 Å². The normalized spacial score (nSPS) is 8.09. The zero-order valence-electron chi connectivity index (χ0n) is 5.35. The third kappa shape index (κ3) is 113. The van der Waals surface area contributed by atoms with Crippen LogP contribution in [0.25, 0.3) is 0 Å². The number of carboxylic acids is 1. The summed E-state index contributed by atoms with van der Waals surface area (Å²) in [6, 6.07) is 0. The van der Waals surface area contributed by atoms with Gasteiger partial charge in [-0.25, -0.2) is 4.79 Å². The molecule has 0 atom stereocenters. The molecule has 0 aliphatic rings. The monoisotopic (exact) mass is 232 g/mol. The first-order valence-electron chi connectivity index (χ1n) is 1.57. The zero-order chi connectivity index (χ0) is 8.78. The van der Waals surface area contributed by atoms with Crippen molar-refractivity contribution in [1.82, 2.24) is 0 Å². The van der Waals surface area contributed by atoms with Gasteiger partial charge in [-0.1, -0.05) is 0 Å². The summed E-state index contributed by atoms with van der Waals surface area (Å²) in [6.07, 6.45) is -0.167. The van der Waals surface area contributed by atoms with Crippen molar-refractivity contribution >= 4 is 12.3 Å². The number of aliphatic carboxylic acids is 1. The van der Waals surface area contributed by atoms with Crippen molar-refractivity contribution in [2.24, 2.45) is 0 Å². The van der Waals surface area contributed by atoms with Gasteiger partial charge in [-0.15, -0.1) is 0 Å². The van der Waals surface area contributed by atoms with Crippen molar-refractivity contribution < 1.29 is 94.7 Å². The van der Waals surface area contributed by atoms with Gasteiger partial charge in [0.05, 0.1) is 0 Å². The Morgan fingerprint density at radius 3 is 1.45 bits per heavy atom. The molecule has 60 valence electrons. The molecule has 0 fully saturated rings. The fraction of sp³-hybridized carbons (Fsp3) is 0. The first kappa shape index (κ1) is 17.7. The van der Waals surface area contributed by atoms with Gasteiger partial charge in [-0.2, -0.15) is 0 Å². The van der Waals surface area contributed by atoms with Gasteiger partial charge >= 0.3 is 86.0 Å². The fourth-order valence-electron chi connectivity index (χ4n) is 0. The van der Waals surface area contributed by atoms with Crippen LogP contribution in [0, 0.1) is 0 Å². The number of rotatable bonds is 1. The molecular weight excluding hydrogens is 230 g/mol. The maximum atomic E-state index is 9.00. The number of aldehydes is 1. The third-order valence-corrected chi connectivity index (χ3v) is 0.101. The van der Waals surface area contributed by atoms with Crippen LogP contribution in [-0.4, -0.2) is 17.4 Å². The van der Waals surface area contributed by atoms with E-state index >= 15 is 0 Å². The molecule has 0 aliphatic carbocycles. The number of carboxylic acid groups (broad SMARTS) is 1. The molecule has 0 spiro atoms. The van der Waals surface area contributed by atoms with E-state index in [1.807, 2.05) is 0 Å². The van der Waals surface area contributed by atoms with Crippen molar-refractivity contribution in [1.29, 1.82) is 0 Å². The molecule has 0 aliphatic heterocycles. The molecule has 0 unspecified atom stereocenters. The second kappa shape index (κ2) is 8.75. The maximum absolute atomic E-state index is 9.00. The minimum atomic E-state index is -5.62. The van der Waals surface area contributed by atoms with Gasteiger partial charge in [0.15, 0.2) is 0 Å². The molecule has 9 heteroatoms. The van der Waals surface area contributed by atoms with E-state index in [1.165, 1.54) is 0 Å². The Kier molecular flexibility index (Phi) is 14.1. The Balaban J connectivity index is -0.000000107. The summed E-state index contributed by atoms with van der Waals surface area (Å²) in [5, 5.41) is 7.35. The number of hydrogen-bond acceptors (Lipinski definition) is 6. The van der Waals surface area contributed by atoms with Crippen LogP contribution >= 0.6 is 0 Å². The van der Waals surface area contributed by atoms with Gasteiger partial charge < -0.3 is 5.11 Å². The molecule has 11 heavy (non-hydrogen) atoms. The SMILES string of the molecule is O=CC(=O)O.[K+].[O]=[Mn](=[O])(=[O])[O-]. The number of carbonyl (C=O) groups is 2. The topological polar surface area (TPSA) is 129 Å². The average molecular weight is 232 g/mol. The molecule has 0 heterocycles. The summed E-state index contributed by atoms with van der Waals surface area (Å²) >= 11 is -5.62. The van der Waals surface area contributed by atoms with Gasteiger partial charge in [0.1, 0.15) is 0 Å². The summed E-state index contributed by atoms with van der Waals surface area (Å²) in [7, 11) is 0. The van der Waals surface area contributed by atoms with Crippen LogP contribution in [0.3, 0.4) is 0 Å². The molecular formula is C2H2KMnO7. The van der Waals surface area contributed by atoms with Gasteiger partial charge in [0, 0.05) is 0 Å². The van der Waals surface area contributed by atoms with E-state index in [-0.39, 0.29) is 57.7 Å². The van der Waals surface area contributed by atoms with Crippen molar-refractivity contribution in [3.63, 3.8) is 0 Å². The summed E-state index contributed by atoms with van der Waals surface area (Å²) in [5.41, 5.74) is 0. The van der Waals surface area contributed by atoms with E-state index in [0.717, 1.165) is 0 Å². The Morgan fingerprint density at radius 2 is 1.45 bits per heavy atom. The van der Waals surface area contributed by atoms with Crippen LogP contribution in [0.15, 0.2) is 0 Å². The summed E-state index contributed by atoms with van der Waals surface area (Å²) < 4.78 is 34.3. The Hall–Kier alpha value is 0.656. The molecule has 7 nitrogen and oxygen atoms in total. The Labute approximate surface area is 105 Å². The van der Waals surface area contributed by atoms with Gasteiger partial charge in [0.2, 0.25) is 6.29 Å². The van der Waals surface area contributed by atoms with Gasteiger partial charge in [-0.3, -0.25) is 4.79 Å². The Morgan fingerprint density at radius 1 is 1.36 bits per heavy atom. The molecule has 0 aromatic carbocycles. The second-order valence-corrected chi connectivity index (χ2v) is 2.01. The van der Waals surface area contributed by atoms with Crippen LogP contribution in [0.2, 0.25) is 0 Å². The third-order valence-electron chi connectivity index (χ3n) is 0.101. The van der Waals surface area contributed by atoms with E-state index in [1.54, 1.807) is 0 Å². The molecule has 0 aromatic rings. The molecule has 1 N–H and O–H groups in total. The van der Waals surface area contributed by atoms with E-state index in [9.17, 15) is 0 Å². The molecule has 0 saturated heterocycles. The summed E-state index contributed by atoms with van der Waals surface area (Å²) in [6.45, 7) is 0. The van der Waals surface area contributed by atoms with E-state index < -0.39 is 18.9 Å². The van der Waals surface area contributed by atoms with Crippen molar-refractivity contribution in [3.8, 4) is 0 Å². The van der Waals surface area contributed by atoms with Gasteiger partial charge in [-0.05, 0) is 0 Å². The standard InChI is InChI=1S/C2H2O3.K.Mn.4O/c3-1-2(4)5;;;;;;/h1H,(H,4,5);;;;;;/q;+1;;;;;-1. The van der Waals surface area contributed by atoms with Gasteiger partial charge in [0.25, 0.3) is 0 Å². The minimum absolute atomic E-state index is 0. The number of carbonyl (C=O) groups excluding carboxylic acids is 1.